The summed E-state index contributed by atoms with van der Waals surface area (Å²) < 4.78 is 0. The molecule has 0 saturated heterocycles. The van der Waals surface area contributed by atoms with Crippen molar-refractivity contribution >= 4 is 11.8 Å². The zero-order valence-electron chi connectivity index (χ0n) is 9.41. The minimum atomic E-state index is -0.572. The molecule has 2 aromatic carbocycles. The van der Waals surface area contributed by atoms with Gasteiger partial charge in [0.05, 0.1) is 0 Å². The summed E-state index contributed by atoms with van der Waals surface area (Å²) >= 11 is 1.43. The Kier molecular flexibility index (Phi) is 4.20. The molecular weight excluding hydrogens is 230 g/mol. The van der Waals surface area contributed by atoms with Crippen LogP contribution >= 0.6 is 11.8 Å². The lowest BCUT2D eigenvalue weighted by atomic mass is 10.1. The van der Waals surface area contributed by atoms with Crippen molar-refractivity contribution in [1.82, 2.24) is 0 Å². The number of aliphatic hydroxyl groups excluding tert-OH is 1. The molecule has 2 rings (SSSR count). The average molecular weight is 245 g/mol. The van der Waals surface area contributed by atoms with E-state index in [0.717, 1.165) is 16.0 Å². The zero-order chi connectivity index (χ0) is 12.1. The van der Waals surface area contributed by atoms with Crippen LogP contribution in [0.15, 0.2) is 59.5 Å². The van der Waals surface area contributed by atoms with Crippen molar-refractivity contribution in [3.05, 3.63) is 65.7 Å². The SMILES string of the molecule is NCc1ccccc1C(O)Sc1ccccc1. The van der Waals surface area contributed by atoms with Gasteiger partial charge in [-0.25, -0.2) is 0 Å². The van der Waals surface area contributed by atoms with Gasteiger partial charge in [0, 0.05) is 11.4 Å². The first-order valence-electron chi connectivity index (χ1n) is 5.49. The molecule has 0 saturated carbocycles. The molecule has 3 N–H and O–H groups in total. The maximum atomic E-state index is 10.2. The van der Waals surface area contributed by atoms with E-state index < -0.39 is 5.44 Å². The molecule has 0 aliphatic rings. The molecule has 0 radical (unpaired) electrons. The molecule has 2 aromatic rings. The second-order valence-electron chi connectivity index (χ2n) is 3.69. The molecule has 2 nitrogen and oxygen atoms in total. The van der Waals surface area contributed by atoms with E-state index in [4.69, 9.17) is 5.73 Å². The standard InChI is InChI=1S/C14H15NOS/c15-10-11-6-4-5-9-13(11)14(16)17-12-7-2-1-3-8-12/h1-9,14,16H,10,15H2. The normalized spacial score (nSPS) is 12.4. The summed E-state index contributed by atoms with van der Waals surface area (Å²) in [6.07, 6.45) is 0. The van der Waals surface area contributed by atoms with Gasteiger partial charge in [-0.05, 0) is 23.3 Å². The van der Waals surface area contributed by atoms with Crippen LogP contribution in [0.5, 0.6) is 0 Å². The van der Waals surface area contributed by atoms with E-state index in [1.165, 1.54) is 11.8 Å². The summed E-state index contributed by atoms with van der Waals surface area (Å²) in [6.45, 7) is 0.447. The Morgan fingerprint density at radius 2 is 1.65 bits per heavy atom. The van der Waals surface area contributed by atoms with Gasteiger partial charge in [0.1, 0.15) is 5.44 Å². The molecule has 0 bridgehead atoms. The highest BCUT2D eigenvalue weighted by molar-refractivity contribution is 7.99. The fraction of sp³-hybridized carbons (Fsp3) is 0.143. The first-order chi connectivity index (χ1) is 8.31. The van der Waals surface area contributed by atoms with Crippen LogP contribution in [0.4, 0.5) is 0 Å². The summed E-state index contributed by atoms with van der Waals surface area (Å²) in [5, 5.41) is 10.2. The summed E-state index contributed by atoms with van der Waals surface area (Å²) in [5.41, 5.74) is 6.97. The van der Waals surface area contributed by atoms with Gasteiger partial charge < -0.3 is 10.8 Å². The Morgan fingerprint density at radius 1 is 1.00 bits per heavy atom. The molecule has 88 valence electrons. The molecular formula is C14H15NOS. The zero-order valence-corrected chi connectivity index (χ0v) is 10.2. The van der Waals surface area contributed by atoms with Crippen molar-refractivity contribution in [1.29, 1.82) is 0 Å². The largest absolute Gasteiger partial charge is 0.378 e. The van der Waals surface area contributed by atoms with Crippen LogP contribution in [0.2, 0.25) is 0 Å². The molecule has 0 spiro atoms. The molecule has 3 heteroatoms. The molecule has 17 heavy (non-hydrogen) atoms. The van der Waals surface area contributed by atoms with Gasteiger partial charge in [0.15, 0.2) is 0 Å². The minimum absolute atomic E-state index is 0.447. The number of nitrogens with two attached hydrogens (primary N) is 1. The lowest BCUT2D eigenvalue weighted by Crippen LogP contribution is -2.03. The monoisotopic (exact) mass is 245 g/mol. The van der Waals surface area contributed by atoms with Gasteiger partial charge in [0.2, 0.25) is 0 Å². The molecule has 0 aromatic heterocycles. The number of rotatable bonds is 4. The Morgan fingerprint density at radius 3 is 2.35 bits per heavy atom. The second-order valence-corrected chi connectivity index (χ2v) is 4.84. The third kappa shape index (κ3) is 3.09. The van der Waals surface area contributed by atoms with Gasteiger partial charge in [-0.15, -0.1) is 0 Å². The van der Waals surface area contributed by atoms with Crippen LogP contribution in [-0.4, -0.2) is 5.11 Å². The smallest absolute Gasteiger partial charge is 0.129 e. The van der Waals surface area contributed by atoms with Crippen molar-refractivity contribution in [2.45, 2.75) is 16.9 Å². The Bertz CT molecular complexity index is 473. The summed E-state index contributed by atoms with van der Waals surface area (Å²) in [6, 6.07) is 17.6. The Balaban J connectivity index is 2.17. The highest BCUT2D eigenvalue weighted by atomic mass is 32.2. The van der Waals surface area contributed by atoms with Crippen LogP contribution in [0.3, 0.4) is 0 Å². The quantitative estimate of drug-likeness (QED) is 0.643. The predicted molar refractivity (Wildman–Crippen MR) is 71.6 cm³/mol. The van der Waals surface area contributed by atoms with Crippen LogP contribution < -0.4 is 5.73 Å². The number of hydrogen-bond donors (Lipinski definition) is 2. The third-order valence-corrected chi connectivity index (χ3v) is 3.55. The molecule has 0 fully saturated rings. The van der Waals surface area contributed by atoms with Crippen molar-refractivity contribution in [2.75, 3.05) is 0 Å². The molecule has 0 heterocycles. The van der Waals surface area contributed by atoms with Crippen LogP contribution in [-0.2, 0) is 6.54 Å². The molecule has 0 amide bonds. The van der Waals surface area contributed by atoms with Crippen molar-refractivity contribution in [3.63, 3.8) is 0 Å². The highest BCUT2D eigenvalue weighted by Gasteiger charge is 2.12. The molecule has 0 aliphatic heterocycles. The fourth-order valence-electron chi connectivity index (χ4n) is 1.65. The maximum Gasteiger partial charge on any atom is 0.129 e. The summed E-state index contributed by atoms with van der Waals surface area (Å²) in [7, 11) is 0. The van der Waals surface area contributed by atoms with E-state index in [1.54, 1.807) is 0 Å². The highest BCUT2D eigenvalue weighted by Crippen LogP contribution is 2.34. The predicted octanol–water partition coefficient (Wildman–Crippen LogP) is 2.93. The van der Waals surface area contributed by atoms with Crippen LogP contribution in [0, 0.1) is 0 Å². The Hall–Kier alpha value is -1.29. The fourth-order valence-corrected chi connectivity index (χ4v) is 2.58. The number of thioether (sulfide) groups is 1. The average Bonchev–Trinajstić information content (AvgIpc) is 2.40. The lowest BCUT2D eigenvalue weighted by molar-refractivity contribution is 0.269. The molecule has 0 aliphatic carbocycles. The van der Waals surface area contributed by atoms with Gasteiger partial charge in [-0.1, -0.05) is 54.2 Å². The number of hydrogen-bond acceptors (Lipinski definition) is 3. The van der Waals surface area contributed by atoms with E-state index in [9.17, 15) is 5.11 Å². The molecule has 1 unspecified atom stereocenters. The topological polar surface area (TPSA) is 46.2 Å². The first kappa shape index (κ1) is 12.2. The maximum absolute atomic E-state index is 10.2. The first-order valence-corrected chi connectivity index (χ1v) is 6.37. The van der Waals surface area contributed by atoms with Gasteiger partial charge in [-0.2, -0.15) is 0 Å². The van der Waals surface area contributed by atoms with E-state index in [1.807, 2.05) is 54.6 Å². The van der Waals surface area contributed by atoms with E-state index in [2.05, 4.69) is 0 Å². The van der Waals surface area contributed by atoms with Gasteiger partial charge in [0.25, 0.3) is 0 Å². The lowest BCUT2D eigenvalue weighted by Gasteiger charge is -2.14. The minimum Gasteiger partial charge on any atom is -0.378 e. The number of aliphatic hydroxyl groups is 1. The van der Waals surface area contributed by atoms with Crippen molar-refractivity contribution < 1.29 is 5.11 Å². The second kappa shape index (κ2) is 5.87. The van der Waals surface area contributed by atoms with Crippen LogP contribution in [0.25, 0.3) is 0 Å². The summed E-state index contributed by atoms with van der Waals surface area (Å²) in [5.74, 6) is 0. The van der Waals surface area contributed by atoms with E-state index >= 15 is 0 Å². The van der Waals surface area contributed by atoms with Gasteiger partial charge >= 0.3 is 0 Å². The summed E-state index contributed by atoms with van der Waals surface area (Å²) in [4.78, 5) is 1.05. The van der Waals surface area contributed by atoms with Crippen molar-refractivity contribution in [2.24, 2.45) is 5.73 Å². The van der Waals surface area contributed by atoms with Gasteiger partial charge in [-0.3, -0.25) is 0 Å². The number of benzene rings is 2. The van der Waals surface area contributed by atoms with E-state index in [0.29, 0.717) is 6.54 Å². The van der Waals surface area contributed by atoms with E-state index in [-0.39, 0.29) is 0 Å². The van der Waals surface area contributed by atoms with Crippen molar-refractivity contribution in [3.8, 4) is 0 Å². The third-order valence-electron chi connectivity index (χ3n) is 2.53. The molecule has 1 atom stereocenters. The Labute approximate surface area is 105 Å². The van der Waals surface area contributed by atoms with Crippen LogP contribution in [0.1, 0.15) is 16.6 Å².